The standard InChI is InChI=1S/C22H22N2OS2/c1-5-6-14-10-17-16-11-15(7-8-19(16)26-20(17)9-13(14)2)18-12-27(25)22(3,4)21(23)24-18/h7-11,18H,12H2,1-4H3,(H2,23,24). The molecule has 0 bridgehead atoms. The number of aryl methyl sites for hydroxylation is 1. The molecule has 2 heterocycles. The van der Waals surface area contributed by atoms with Gasteiger partial charge in [-0.3, -0.25) is 9.20 Å². The van der Waals surface area contributed by atoms with Crippen LogP contribution in [-0.2, 0) is 10.8 Å². The predicted molar refractivity (Wildman–Crippen MR) is 118 cm³/mol. The summed E-state index contributed by atoms with van der Waals surface area (Å²) in [4.78, 5) is 4.67. The molecule has 0 saturated heterocycles. The van der Waals surface area contributed by atoms with Crippen molar-refractivity contribution in [3.63, 3.8) is 0 Å². The van der Waals surface area contributed by atoms with Crippen LogP contribution >= 0.6 is 11.3 Å². The molecule has 2 atom stereocenters. The molecule has 0 radical (unpaired) electrons. The molecule has 1 aliphatic heterocycles. The highest BCUT2D eigenvalue weighted by atomic mass is 32.2. The highest BCUT2D eigenvalue weighted by Gasteiger charge is 2.37. The first-order chi connectivity index (χ1) is 12.8. The maximum absolute atomic E-state index is 12.6. The Labute approximate surface area is 166 Å². The van der Waals surface area contributed by atoms with Gasteiger partial charge in [0.25, 0.3) is 0 Å². The quantitative estimate of drug-likeness (QED) is 0.610. The van der Waals surface area contributed by atoms with Crippen molar-refractivity contribution in [1.82, 2.24) is 0 Å². The molecule has 2 aromatic carbocycles. The zero-order valence-electron chi connectivity index (χ0n) is 15.9. The lowest BCUT2D eigenvalue weighted by Gasteiger charge is -2.31. The van der Waals surface area contributed by atoms with Crippen molar-refractivity contribution in [2.75, 3.05) is 5.75 Å². The number of hydrogen-bond acceptors (Lipinski definition) is 4. The van der Waals surface area contributed by atoms with Gasteiger partial charge in [0.05, 0.1) is 16.5 Å². The molecule has 27 heavy (non-hydrogen) atoms. The molecule has 1 aromatic heterocycles. The number of nitrogens with zero attached hydrogens (tertiary/aromatic N) is 1. The Hall–Kier alpha value is -2.16. The Kier molecular flexibility index (Phi) is 4.37. The molecular formula is C22H22N2OS2. The third-order valence-corrected chi connectivity index (χ3v) is 8.37. The molecule has 5 heteroatoms. The second-order valence-electron chi connectivity index (χ2n) is 7.45. The van der Waals surface area contributed by atoms with Crippen molar-refractivity contribution in [1.29, 1.82) is 0 Å². The Bertz CT molecular complexity index is 1190. The Morgan fingerprint density at radius 2 is 1.96 bits per heavy atom. The van der Waals surface area contributed by atoms with Gasteiger partial charge in [-0.25, -0.2) is 0 Å². The van der Waals surface area contributed by atoms with Gasteiger partial charge in [0.15, 0.2) is 0 Å². The number of aliphatic imine (C=N–C) groups is 1. The zero-order chi connectivity index (χ0) is 19.3. The molecular weight excluding hydrogens is 372 g/mol. The van der Waals surface area contributed by atoms with Gasteiger partial charge in [-0.15, -0.1) is 17.3 Å². The maximum atomic E-state index is 12.6. The summed E-state index contributed by atoms with van der Waals surface area (Å²) in [6, 6.07) is 10.7. The molecule has 0 aliphatic carbocycles. The second kappa shape index (κ2) is 6.47. The van der Waals surface area contributed by atoms with Crippen molar-refractivity contribution >= 4 is 48.1 Å². The molecule has 3 aromatic rings. The Morgan fingerprint density at radius 3 is 2.67 bits per heavy atom. The fourth-order valence-electron chi connectivity index (χ4n) is 3.42. The monoisotopic (exact) mass is 394 g/mol. The topological polar surface area (TPSA) is 55.5 Å². The van der Waals surface area contributed by atoms with Crippen LogP contribution in [0.15, 0.2) is 35.3 Å². The van der Waals surface area contributed by atoms with Gasteiger partial charge in [0.1, 0.15) is 5.84 Å². The third kappa shape index (κ3) is 2.97. The van der Waals surface area contributed by atoms with E-state index in [1.54, 1.807) is 11.3 Å². The van der Waals surface area contributed by atoms with Gasteiger partial charge in [-0.2, -0.15) is 0 Å². The number of nitrogens with two attached hydrogens (primary N) is 1. The van der Waals surface area contributed by atoms with Gasteiger partial charge < -0.3 is 5.73 Å². The van der Waals surface area contributed by atoms with E-state index < -0.39 is 15.5 Å². The summed E-state index contributed by atoms with van der Waals surface area (Å²) >= 11 is 1.79. The predicted octanol–water partition coefficient (Wildman–Crippen LogP) is 4.67. The van der Waals surface area contributed by atoms with Crippen LogP contribution in [0.2, 0.25) is 0 Å². The van der Waals surface area contributed by atoms with Gasteiger partial charge >= 0.3 is 0 Å². The third-order valence-electron chi connectivity index (χ3n) is 5.27. The minimum atomic E-state index is -1.04. The zero-order valence-corrected chi connectivity index (χ0v) is 17.6. The highest BCUT2D eigenvalue weighted by Crippen LogP contribution is 2.38. The molecule has 138 valence electrons. The van der Waals surface area contributed by atoms with Crippen LogP contribution in [0.3, 0.4) is 0 Å². The average molecular weight is 395 g/mol. The van der Waals surface area contributed by atoms with Crippen LogP contribution in [0.5, 0.6) is 0 Å². The first-order valence-corrected chi connectivity index (χ1v) is 11.1. The van der Waals surface area contributed by atoms with E-state index in [9.17, 15) is 4.21 Å². The van der Waals surface area contributed by atoms with Crippen molar-refractivity contribution in [3.05, 3.63) is 47.0 Å². The molecule has 0 fully saturated rings. The van der Waals surface area contributed by atoms with Crippen molar-refractivity contribution in [2.45, 2.75) is 38.5 Å². The molecule has 0 saturated carbocycles. The smallest absolute Gasteiger partial charge is 0.113 e. The summed E-state index contributed by atoms with van der Waals surface area (Å²) < 4.78 is 14.6. The lowest BCUT2D eigenvalue weighted by Crippen LogP contribution is -2.47. The van der Waals surface area contributed by atoms with E-state index >= 15 is 0 Å². The van der Waals surface area contributed by atoms with Crippen LogP contribution < -0.4 is 5.73 Å². The molecule has 2 N–H and O–H groups in total. The number of benzene rings is 2. The largest absolute Gasteiger partial charge is 0.386 e. The number of amidine groups is 1. The summed E-state index contributed by atoms with van der Waals surface area (Å²) in [5, 5.41) is 2.42. The van der Waals surface area contributed by atoms with Gasteiger partial charge in [0.2, 0.25) is 0 Å². The minimum Gasteiger partial charge on any atom is -0.386 e. The fourth-order valence-corrected chi connectivity index (χ4v) is 5.84. The van der Waals surface area contributed by atoms with Crippen LogP contribution in [0.1, 0.15) is 43.5 Å². The van der Waals surface area contributed by atoms with E-state index in [1.165, 1.54) is 25.7 Å². The molecule has 0 amide bonds. The minimum absolute atomic E-state index is 0.154. The maximum Gasteiger partial charge on any atom is 0.113 e. The lowest BCUT2D eigenvalue weighted by atomic mass is 10.0. The first-order valence-electron chi connectivity index (χ1n) is 8.93. The highest BCUT2D eigenvalue weighted by molar-refractivity contribution is 7.87. The van der Waals surface area contributed by atoms with Crippen molar-refractivity contribution in [2.24, 2.45) is 10.7 Å². The molecule has 0 spiro atoms. The Morgan fingerprint density at radius 1 is 1.22 bits per heavy atom. The number of rotatable bonds is 1. The van der Waals surface area contributed by atoms with E-state index in [4.69, 9.17) is 5.73 Å². The summed E-state index contributed by atoms with van der Waals surface area (Å²) in [6.45, 7) is 7.75. The van der Waals surface area contributed by atoms with Gasteiger partial charge in [-0.1, -0.05) is 12.0 Å². The number of hydrogen-bond donors (Lipinski definition) is 1. The van der Waals surface area contributed by atoms with Crippen molar-refractivity contribution < 1.29 is 4.21 Å². The summed E-state index contributed by atoms with van der Waals surface area (Å²) in [6.07, 6.45) is 0. The van der Waals surface area contributed by atoms with E-state index in [-0.39, 0.29) is 6.04 Å². The normalized spacial score (nSPS) is 21.7. The molecule has 1 aliphatic rings. The van der Waals surface area contributed by atoms with E-state index in [1.807, 2.05) is 20.8 Å². The van der Waals surface area contributed by atoms with Crippen LogP contribution in [0.4, 0.5) is 0 Å². The summed E-state index contributed by atoms with van der Waals surface area (Å²) in [7, 11) is -1.04. The van der Waals surface area contributed by atoms with Crippen LogP contribution in [-0.4, -0.2) is 20.5 Å². The first kappa shape index (κ1) is 18.2. The molecule has 2 unspecified atom stereocenters. The second-order valence-corrected chi connectivity index (χ2v) is 10.6. The Balaban J connectivity index is 1.88. The number of thiophene rings is 1. The summed E-state index contributed by atoms with van der Waals surface area (Å²) in [5.74, 6) is 7.18. The molecule has 4 rings (SSSR count). The van der Waals surface area contributed by atoms with Gasteiger partial charge in [0, 0.05) is 36.5 Å². The van der Waals surface area contributed by atoms with Crippen LogP contribution in [0, 0.1) is 18.8 Å². The molecule has 3 nitrogen and oxygen atoms in total. The van der Waals surface area contributed by atoms with Gasteiger partial charge in [-0.05, 0) is 63.1 Å². The van der Waals surface area contributed by atoms with E-state index in [0.717, 1.165) is 11.1 Å². The lowest BCUT2D eigenvalue weighted by molar-refractivity contribution is 0.648. The summed E-state index contributed by atoms with van der Waals surface area (Å²) in [5.41, 5.74) is 9.46. The average Bonchev–Trinajstić information content (AvgIpc) is 2.96. The fraction of sp³-hybridized carbons (Fsp3) is 0.318. The van der Waals surface area contributed by atoms with Crippen molar-refractivity contribution in [3.8, 4) is 11.8 Å². The SMILES string of the molecule is CC#Cc1cc2c(cc1C)sc1ccc(C3CS(=O)C(C)(C)C(N)=N3)cc12. The van der Waals surface area contributed by atoms with Crippen LogP contribution in [0.25, 0.3) is 20.2 Å². The van der Waals surface area contributed by atoms with E-state index in [0.29, 0.717) is 11.6 Å². The van der Waals surface area contributed by atoms with E-state index in [2.05, 4.69) is 54.1 Å². The number of fused-ring (bicyclic) bond motifs is 3.